The Morgan fingerprint density at radius 1 is 1.03 bits per heavy atom. The van der Waals surface area contributed by atoms with Gasteiger partial charge in [0.05, 0.1) is 10.6 Å². The first kappa shape index (κ1) is 25.6. The van der Waals surface area contributed by atoms with Gasteiger partial charge in [0.1, 0.15) is 22.5 Å². The van der Waals surface area contributed by atoms with Gasteiger partial charge >= 0.3 is 0 Å². The summed E-state index contributed by atoms with van der Waals surface area (Å²) in [4.78, 5) is 26.8. The molecule has 0 saturated carbocycles. The highest BCUT2D eigenvalue weighted by atomic mass is 35.5. The summed E-state index contributed by atoms with van der Waals surface area (Å²) >= 11 is 5.98. The molecule has 1 unspecified atom stereocenters. The van der Waals surface area contributed by atoms with Crippen LogP contribution in [0.15, 0.2) is 66.9 Å². The molecule has 0 bridgehead atoms. The first-order valence-corrected chi connectivity index (χ1v) is 12.8. The molecule has 0 radical (unpaired) electrons. The van der Waals surface area contributed by atoms with Crippen LogP contribution in [0.3, 0.4) is 0 Å². The number of piperazine rings is 1. The van der Waals surface area contributed by atoms with Gasteiger partial charge in [0.25, 0.3) is 5.69 Å². The summed E-state index contributed by atoms with van der Waals surface area (Å²) in [6.07, 6.45) is 1.93. The Hall–Kier alpha value is -4.08. The highest BCUT2D eigenvalue weighted by molar-refractivity contribution is 6.32. The van der Waals surface area contributed by atoms with Gasteiger partial charge in [-0.15, -0.1) is 0 Å². The van der Waals surface area contributed by atoms with Crippen LogP contribution in [0, 0.1) is 17.0 Å². The third kappa shape index (κ3) is 5.74. The molecule has 38 heavy (non-hydrogen) atoms. The molecule has 9 nitrogen and oxygen atoms in total. The van der Waals surface area contributed by atoms with Gasteiger partial charge in [0.15, 0.2) is 0 Å². The molecule has 2 aromatic carbocycles. The maximum atomic E-state index is 11.3. The lowest BCUT2D eigenvalue weighted by Gasteiger charge is -2.28. The minimum absolute atomic E-state index is 0.0512. The fourth-order valence-corrected chi connectivity index (χ4v) is 4.72. The molecule has 1 aliphatic heterocycles. The number of anilines is 2. The van der Waals surface area contributed by atoms with Gasteiger partial charge < -0.3 is 15.5 Å². The van der Waals surface area contributed by atoms with Gasteiger partial charge in [-0.25, -0.2) is 15.0 Å². The number of nitrogens with zero attached hydrogens (tertiary/aromatic N) is 5. The minimum atomic E-state index is -0.498. The van der Waals surface area contributed by atoms with Crippen LogP contribution in [0.4, 0.5) is 17.3 Å². The number of pyridine rings is 1. The molecule has 194 valence electrons. The zero-order chi connectivity index (χ0) is 26.6. The molecule has 4 aromatic rings. The monoisotopic (exact) mass is 529 g/mol. The average molecular weight is 530 g/mol. The standard InChI is InChI=1S/C28H28ClN7O2/c1-18(32-27-16-25(33-19(2)34-27)22-6-8-24(29)26(15-22)36(37)38)20-4-3-5-21(14-20)23-7-9-28(31-17-23)35-12-10-30-11-13-35/h3-9,14-18,30H,10-13H2,1-2H3,(H,32,33,34). The zero-order valence-electron chi connectivity index (χ0n) is 21.2. The number of rotatable bonds is 7. The summed E-state index contributed by atoms with van der Waals surface area (Å²) in [5.41, 5.74) is 4.26. The predicted molar refractivity (Wildman–Crippen MR) is 151 cm³/mol. The summed E-state index contributed by atoms with van der Waals surface area (Å²) in [5.74, 6) is 2.19. The van der Waals surface area contributed by atoms with E-state index in [9.17, 15) is 10.1 Å². The van der Waals surface area contributed by atoms with E-state index in [-0.39, 0.29) is 16.8 Å². The van der Waals surface area contributed by atoms with Crippen molar-refractivity contribution < 1.29 is 4.92 Å². The number of hydrogen-bond donors (Lipinski definition) is 2. The van der Waals surface area contributed by atoms with Gasteiger partial charge in [-0.05, 0) is 49.2 Å². The highest BCUT2D eigenvalue weighted by Crippen LogP contribution is 2.31. The van der Waals surface area contributed by atoms with E-state index in [1.165, 1.54) is 12.1 Å². The largest absolute Gasteiger partial charge is 0.363 e. The van der Waals surface area contributed by atoms with Crippen LogP contribution in [0.5, 0.6) is 0 Å². The van der Waals surface area contributed by atoms with Gasteiger partial charge in [-0.2, -0.15) is 0 Å². The minimum Gasteiger partial charge on any atom is -0.363 e. The van der Waals surface area contributed by atoms with E-state index in [0.29, 0.717) is 22.9 Å². The third-order valence-corrected chi connectivity index (χ3v) is 6.87. The molecular weight excluding hydrogens is 502 g/mol. The van der Waals surface area contributed by atoms with Crippen molar-refractivity contribution in [2.45, 2.75) is 19.9 Å². The van der Waals surface area contributed by atoms with Crippen LogP contribution >= 0.6 is 11.6 Å². The van der Waals surface area contributed by atoms with Crippen molar-refractivity contribution in [2.75, 3.05) is 36.4 Å². The fraction of sp³-hybridized carbons (Fsp3) is 0.250. The van der Waals surface area contributed by atoms with Crippen molar-refractivity contribution >= 4 is 28.9 Å². The Kier molecular flexibility index (Phi) is 7.48. The average Bonchev–Trinajstić information content (AvgIpc) is 2.93. The first-order valence-electron chi connectivity index (χ1n) is 12.5. The van der Waals surface area contributed by atoms with E-state index in [1.54, 1.807) is 19.1 Å². The van der Waals surface area contributed by atoms with E-state index in [4.69, 9.17) is 16.6 Å². The smallest absolute Gasteiger partial charge is 0.288 e. The second-order valence-corrected chi connectivity index (χ2v) is 9.65. The molecule has 1 fully saturated rings. The second kappa shape index (κ2) is 11.1. The van der Waals surface area contributed by atoms with E-state index in [1.807, 2.05) is 12.3 Å². The van der Waals surface area contributed by atoms with Gasteiger partial charge in [-0.1, -0.05) is 35.9 Å². The molecule has 2 N–H and O–H groups in total. The summed E-state index contributed by atoms with van der Waals surface area (Å²) in [5, 5.41) is 18.2. The normalized spacial score (nSPS) is 14.2. The number of halogens is 1. The van der Waals surface area contributed by atoms with Crippen LogP contribution < -0.4 is 15.5 Å². The predicted octanol–water partition coefficient (Wildman–Crippen LogP) is 5.66. The van der Waals surface area contributed by atoms with Crippen LogP contribution in [-0.4, -0.2) is 46.1 Å². The van der Waals surface area contributed by atoms with E-state index in [0.717, 1.165) is 48.7 Å². The summed E-state index contributed by atoms with van der Waals surface area (Å²) in [6.45, 7) is 7.73. The summed E-state index contributed by atoms with van der Waals surface area (Å²) in [7, 11) is 0. The van der Waals surface area contributed by atoms with Crippen molar-refractivity contribution in [1.29, 1.82) is 0 Å². The van der Waals surface area contributed by atoms with Crippen molar-refractivity contribution in [3.8, 4) is 22.4 Å². The lowest BCUT2D eigenvalue weighted by molar-refractivity contribution is -0.384. The van der Waals surface area contributed by atoms with Crippen LogP contribution in [0.2, 0.25) is 5.02 Å². The lowest BCUT2D eigenvalue weighted by Crippen LogP contribution is -2.43. The Morgan fingerprint density at radius 3 is 2.55 bits per heavy atom. The molecule has 0 aliphatic carbocycles. The molecular formula is C28H28ClN7O2. The maximum absolute atomic E-state index is 11.3. The van der Waals surface area contributed by atoms with Crippen LogP contribution in [0.1, 0.15) is 24.4 Å². The molecule has 1 atom stereocenters. The van der Waals surface area contributed by atoms with E-state index >= 15 is 0 Å². The number of nitro benzene ring substituents is 1. The zero-order valence-corrected chi connectivity index (χ0v) is 21.9. The number of nitrogens with one attached hydrogen (secondary N) is 2. The van der Waals surface area contributed by atoms with Crippen molar-refractivity contribution in [3.63, 3.8) is 0 Å². The molecule has 1 aliphatic rings. The van der Waals surface area contributed by atoms with Crippen LogP contribution in [0.25, 0.3) is 22.4 Å². The molecule has 2 aromatic heterocycles. The molecule has 3 heterocycles. The van der Waals surface area contributed by atoms with Crippen LogP contribution in [-0.2, 0) is 0 Å². The molecule has 0 spiro atoms. The number of hydrogen-bond acceptors (Lipinski definition) is 8. The van der Waals surface area contributed by atoms with E-state index < -0.39 is 4.92 Å². The molecule has 5 rings (SSSR count). The second-order valence-electron chi connectivity index (χ2n) is 9.24. The van der Waals surface area contributed by atoms with Gasteiger partial charge in [0, 0.05) is 61.7 Å². The van der Waals surface area contributed by atoms with Gasteiger partial charge in [-0.3, -0.25) is 10.1 Å². The van der Waals surface area contributed by atoms with Crippen molar-refractivity contribution in [3.05, 3.63) is 93.4 Å². The summed E-state index contributed by atoms with van der Waals surface area (Å²) < 4.78 is 0. The molecule has 1 saturated heterocycles. The lowest BCUT2D eigenvalue weighted by atomic mass is 10.0. The van der Waals surface area contributed by atoms with Crippen molar-refractivity contribution in [1.82, 2.24) is 20.3 Å². The van der Waals surface area contributed by atoms with Crippen molar-refractivity contribution in [2.24, 2.45) is 0 Å². The Bertz CT molecular complexity index is 1460. The molecule has 10 heteroatoms. The Morgan fingerprint density at radius 2 is 1.82 bits per heavy atom. The topological polar surface area (TPSA) is 109 Å². The van der Waals surface area contributed by atoms with E-state index in [2.05, 4.69) is 62.8 Å². The highest BCUT2D eigenvalue weighted by Gasteiger charge is 2.16. The molecule has 0 amide bonds. The summed E-state index contributed by atoms with van der Waals surface area (Å²) in [6, 6.07) is 18.9. The quantitative estimate of drug-likeness (QED) is 0.233. The Balaban J connectivity index is 1.34. The number of benzene rings is 2. The first-order chi connectivity index (χ1) is 18.4. The number of nitro groups is 1. The SMILES string of the molecule is Cc1nc(NC(C)c2cccc(-c3ccc(N4CCNCC4)nc3)c2)cc(-c2ccc(Cl)c([N+](=O)[O-])c2)n1. The number of aryl methyl sites for hydroxylation is 1. The fourth-order valence-electron chi connectivity index (χ4n) is 4.53. The maximum Gasteiger partial charge on any atom is 0.288 e. The number of aromatic nitrogens is 3. The Labute approximate surface area is 226 Å². The third-order valence-electron chi connectivity index (χ3n) is 6.55. The van der Waals surface area contributed by atoms with Gasteiger partial charge in [0.2, 0.25) is 0 Å².